The molecule has 3 rings (SSSR count). The third-order valence-electron chi connectivity index (χ3n) is 3.65. The van der Waals surface area contributed by atoms with Crippen LogP contribution in [0.1, 0.15) is 27.8 Å². The lowest BCUT2D eigenvalue weighted by Crippen LogP contribution is -2.11. The van der Waals surface area contributed by atoms with Crippen LogP contribution in [0.5, 0.6) is 0 Å². The fourth-order valence-corrected chi connectivity index (χ4v) is 3.51. The molecule has 132 valence electrons. The Morgan fingerprint density at radius 3 is 2.35 bits per heavy atom. The number of ketones is 1. The number of amides is 1. The Hall–Kier alpha value is -3.19. The molecular weight excluding hydrogens is 354 g/mol. The third-order valence-corrected chi connectivity index (χ3v) is 5.29. The highest BCUT2D eigenvalue weighted by Crippen LogP contribution is 2.23. The maximum Gasteiger partial charge on any atom is 0.291 e. The first kappa shape index (κ1) is 17.6. The van der Waals surface area contributed by atoms with Gasteiger partial charge in [-0.05, 0) is 43.3 Å². The number of anilines is 1. The second-order valence-corrected chi connectivity index (χ2v) is 7.41. The zero-order valence-electron chi connectivity index (χ0n) is 13.8. The molecule has 0 atom stereocenters. The molecule has 0 aliphatic rings. The lowest BCUT2D eigenvalue weighted by molar-refractivity contribution is 0.0987. The zero-order chi connectivity index (χ0) is 18.7. The van der Waals surface area contributed by atoms with E-state index in [9.17, 15) is 18.0 Å². The van der Waals surface area contributed by atoms with E-state index < -0.39 is 15.7 Å². The zero-order valence-corrected chi connectivity index (χ0v) is 14.6. The van der Waals surface area contributed by atoms with Crippen molar-refractivity contribution in [2.24, 2.45) is 0 Å². The monoisotopic (exact) mass is 369 g/mol. The van der Waals surface area contributed by atoms with Gasteiger partial charge in [-0.2, -0.15) is 0 Å². The number of nitrogens with one attached hydrogen (secondary N) is 1. The molecule has 1 N–H and O–H groups in total. The van der Waals surface area contributed by atoms with Gasteiger partial charge in [-0.15, -0.1) is 0 Å². The molecule has 0 saturated carbocycles. The summed E-state index contributed by atoms with van der Waals surface area (Å²) < 4.78 is 30.2. The Bertz CT molecular complexity index is 1070. The highest BCUT2D eigenvalue weighted by atomic mass is 32.2. The standard InChI is InChI=1S/C19H15NO5S/c1-13(21)14-6-5-7-15(12-14)20-19(22)17-10-11-18(25-17)26(23,24)16-8-3-2-4-9-16/h2-12H,1H3,(H,20,22). The molecule has 0 radical (unpaired) electrons. The number of furan rings is 1. The van der Waals surface area contributed by atoms with Crippen molar-refractivity contribution < 1.29 is 22.4 Å². The van der Waals surface area contributed by atoms with E-state index >= 15 is 0 Å². The lowest BCUT2D eigenvalue weighted by atomic mass is 10.1. The highest BCUT2D eigenvalue weighted by molar-refractivity contribution is 7.91. The number of benzene rings is 2. The predicted octanol–water partition coefficient (Wildman–Crippen LogP) is 3.57. The predicted molar refractivity (Wildman–Crippen MR) is 95.0 cm³/mol. The normalized spacial score (nSPS) is 11.1. The van der Waals surface area contributed by atoms with Gasteiger partial charge in [0.1, 0.15) is 0 Å². The Kier molecular flexibility index (Phi) is 4.73. The van der Waals surface area contributed by atoms with Gasteiger partial charge < -0.3 is 9.73 Å². The van der Waals surface area contributed by atoms with Gasteiger partial charge in [0.05, 0.1) is 4.90 Å². The van der Waals surface area contributed by atoms with Crippen molar-refractivity contribution in [3.8, 4) is 0 Å². The Balaban J connectivity index is 1.83. The van der Waals surface area contributed by atoms with Crippen LogP contribution in [0.25, 0.3) is 0 Å². The van der Waals surface area contributed by atoms with E-state index in [1.807, 2.05) is 0 Å². The molecule has 1 heterocycles. The summed E-state index contributed by atoms with van der Waals surface area (Å²) in [5, 5.41) is 2.26. The largest absolute Gasteiger partial charge is 0.439 e. The van der Waals surface area contributed by atoms with Crippen LogP contribution in [-0.4, -0.2) is 20.1 Å². The fraction of sp³-hybridized carbons (Fsp3) is 0.0526. The van der Waals surface area contributed by atoms with Gasteiger partial charge in [0, 0.05) is 11.3 Å². The first-order valence-corrected chi connectivity index (χ1v) is 9.18. The summed E-state index contributed by atoms with van der Waals surface area (Å²) in [6.45, 7) is 1.42. The minimum absolute atomic E-state index is 0.0791. The molecule has 6 nitrogen and oxygen atoms in total. The minimum Gasteiger partial charge on any atom is -0.439 e. The summed E-state index contributed by atoms with van der Waals surface area (Å²) >= 11 is 0. The smallest absolute Gasteiger partial charge is 0.291 e. The maximum atomic E-state index is 12.5. The highest BCUT2D eigenvalue weighted by Gasteiger charge is 2.23. The van der Waals surface area contributed by atoms with E-state index in [0.29, 0.717) is 11.3 Å². The summed E-state index contributed by atoms with van der Waals surface area (Å²) in [7, 11) is -3.83. The number of carbonyl (C=O) groups is 2. The van der Waals surface area contributed by atoms with Crippen LogP contribution >= 0.6 is 0 Å². The summed E-state index contributed by atoms with van der Waals surface area (Å²) in [5.41, 5.74) is 0.862. The minimum atomic E-state index is -3.83. The molecule has 0 fully saturated rings. The number of carbonyl (C=O) groups excluding carboxylic acids is 2. The van der Waals surface area contributed by atoms with Crippen molar-refractivity contribution in [1.29, 1.82) is 0 Å². The quantitative estimate of drug-likeness (QED) is 0.694. The summed E-state index contributed by atoms with van der Waals surface area (Å²) in [5.74, 6) is -0.886. The van der Waals surface area contributed by atoms with E-state index in [4.69, 9.17) is 4.42 Å². The Labute approximate surface area is 150 Å². The molecule has 0 unspecified atom stereocenters. The van der Waals surface area contributed by atoms with E-state index in [1.165, 1.54) is 37.3 Å². The molecule has 0 saturated heterocycles. The van der Waals surface area contributed by atoms with Crippen molar-refractivity contribution in [3.05, 3.63) is 78.1 Å². The first-order valence-electron chi connectivity index (χ1n) is 7.70. The Morgan fingerprint density at radius 2 is 1.65 bits per heavy atom. The van der Waals surface area contributed by atoms with E-state index in [0.717, 1.165) is 0 Å². The summed E-state index contributed by atoms with van der Waals surface area (Å²) in [4.78, 5) is 23.8. The van der Waals surface area contributed by atoms with E-state index in [1.54, 1.807) is 36.4 Å². The SMILES string of the molecule is CC(=O)c1cccc(NC(=O)c2ccc(S(=O)(=O)c3ccccc3)o2)c1. The summed E-state index contributed by atoms with van der Waals surface area (Å²) in [6.07, 6.45) is 0. The number of sulfone groups is 1. The molecule has 2 aromatic carbocycles. The molecule has 0 spiro atoms. The molecule has 0 aliphatic carbocycles. The van der Waals surface area contributed by atoms with Crippen molar-refractivity contribution in [2.75, 3.05) is 5.32 Å². The van der Waals surface area contributed by atoms with Gasteiger partial charge in [-0.1, -0.05) is 30.3 Å². The van der Waals surface area contributed by atoms with Crippen molar-refractivity contribution in [2.45, 2.75) is 16.9 Å². The van der Waals surface area contributed by atoms with Gasteiger partial charge >= 0.3 is 0 Å². The number of hydrogen-bond acceptors (Lipinski definition) is 5. The van der Waals surface area contributed by atoms with Gasteiger partial charge in [0.2, 0.25) is 14.9 Å². The van der Waals surface area contributed by atoms with Gasteiger partial charge in [0.25, 0.3) is 5.91 Å². The van der Waals surface area contributed by atoms with E-state index in [-0.39, 0.29) is 21.5 Å². The summed E-state index contributed by atoms with van der Waals surface area (Å²) in [6, 6.07) is 16.8. The van der Waals surface area contributed by atoms with Gasteiger partial charge in [-0.25, -0.2) is 8.42 Å². The topological polar surface area (TPSA) is 93.5 Å². The van der Waals surface area contributed by atoms with Crippen LogP contribution in [0.15, 0.2) is 81.1 Å². The Morgan fingerprint density at radius 1 is 0.923 bits per heavy atom. The molecule has 1 aromatic heterocycles. The average Bonchev–Trinajstić information content (AvgIpc) is 3.14. The van der Waals surface area contributed by atoms with Crippen molar-refractivity contribution >= 4 is 27.2 Å². The molecular formula is C19H15NO5S. The first-order chi connectivity index (χ1) is 12.4. The third kappa shape index (κ3) is 3.57. The molecule has 26 heavy (non-hydrogen) atoms. The number of rotatable bonds is 5. The molecule has 7 heteroatoms. The van der Waals surface area contributed by atoms with Crippen molar-refractivity contribution in [1.82, 2.24) is 0 Å². The van der Waals surface area contributed by atoms with Gasteiger partial charge in [0.15, 0.2) is 11.5 Å². The molecule has 0 aliphatic heterocycles. The molecule has 3 aromatic rings. The molecule has 0 bridgehead atoms. The van der Waals surface area contributed by atoms with E-state index in [2.05, 4.69) is 5.32 Å². The van der Waals surface area contributed by atoms with Crippen LogP contribution in [0.4, 0.5) is 5.69 Å². The van der Waals surface area contributed by atoms with Crippen LogP contribution < -0.4 is 5.32 Å². The average molecular weight is 369 g/mol. The number of hydrogen-bond donors (Lipinski definition) is 1. The maximum absolute atomic E-state index is 12.5. The second-order valence-electron chi connectivity index (χ2n) is 5.53. The van der Waals surface area contributed by atoms with Crippen LogP contribution in [-0.2, 0) is 9.84 Å². The van der Waals surface area contributed by atoms with Crippen LogP contribution in [0, 0.1) is 0 Å². The van der Waals surface area contributed by atoms with Gasteiger partial charge in [-0.3, -0.25) is 9.59 Å². The van der Waals surface area contributed by atoms with Crippen LogP contribution in [0.2, 0.25) is 0 Å². The number of Topliss-reactive ketones (excluding diaryl/α,β-unsaturated/α-hetero) is 1. The van der Waals surface area contributed by atoms with Crippen LogP contribution in [0.3, 0.4) is 0 Å². The lowest BCUT2D eigenvalue weighted by Gasteiger charge is -2.05. The second kappa shape index (κ2) is 6.97. The fourth-order valence-electron chi connectivity index (χ4n) is 2.31. The molecule has 1 amide bonds. The van der Waals surface area contributed by atoms with Crippen molar-refractivity contribution in [3.63, 3.8) is 0 Å².